The van der Waals surface area contributed by atoms with Gasteiger partial charge in [0.15, 0.2) is 11.4 Å². The second kappa shape index (κ2) is 8.56. The Morgan fingerprint density at radius 2 is 1.79 bits per heavy atom. The molecule has 0 bridgehead atoms. The van der Waals surface area contributed by atoms with E-state index >= 15 is 0 Å². The minimum absolute atomic E-state index is 0.129. The van der Waals surface area contributed by atoms with Crippen molar-refractivity contribution in [2.45, 2.75) is 39.5 Å². The van der Waals surface area contributed by atoms with Crippen molar-refractivity contribution in [3.63, 3.8) is 0 Å². The maximum absolute atomic E-state index is 13.0. The number of rotatable bonds is 6. The van der Waals surface area contributed by atoms with Crippen LogP contribution in [0.5, 0.6) is 5.75 Å². The first kappa shape index (κ1) is 23.4. The second-order valence-corrected chi connectivity index (χ2v) is 8.26. The van der Waals surface area contributed by atoms with Gasteiger partial charge in [0.1, 0.15) is 24.0 Å². The molecule has 0 aliphatic heterocycles. The van der Waals surface area contributed by atoms with Gasteiger partial charge in [-0.1, -0.05) is 0 Å². The second-order valence-electron chi connectivity index (χ2n) is 8.26. The molecule has 0 spiro atoms. The highest BCUT2D eigenvalue weighted by molar-refractivity contribution is 5.75. The molecule has 0 aromatic carbocycles. The summed E-state index contributed by atoms with van der Waals surface area (Å²) in [6, 6.07) is 8.94. The van der Waals surface area contributed by atoms with Gasteiger partial charge in [0.05, 0.1) is 11.7 Å². The van der Waals surface area contributed by atoms with Gasteiger partial charge in [-0.05, 0) is 51.5 Å². The molecule has 2 N–H and O–H groups in total. The number of halogens is 3. The van der Waals surface area contributed by atoms with Crippen molar-refractivity contribution in [3.8, 4) is 16.9 Å². The highest BCUT2D eigenvalue weighted by Crippen LogP contribution is 2.34. The number of ether oxygens (including phenoxy) is 1. The topological polar surface area (TPSA) is 97.5 Å². The fraction of sp³-hybridized carbons (Fsp3) is 0.304. The Morgan fingerprint density at radius 3 is 2.50 bits per heavy atom. The molecular formula is C23H23F3N6O2. The Kier molecular flexibility index (Phi) is 5.90. The largest absolute Gasteiger partial charge is 0.488 e. The van der Waals surface area contributed by atoms with E-state index in [4.69, 9.17) is 4.74 Å². The van der Waals surface area contributed by atoms with Crippen molar-refractivity contribution in [1.29, 1.82) is 0 Å². The van der Waals surface area contributed by atoms with Crippen LogP contribution in [-0.2, 0) is 0 Å². The fourth-order valence-corrected chi connectivity index (χ4v) is 3.32. The van der Waals surface area contributed by atoms with Gasteiger partial charge < -0.3 is 15.2 Å². The summed E-state index contributed by atoms with van der Waals surface area (Å²) in [4.78, 5) is 12.7. The molecule has 4 rings (SSSR count). The Morgan fingerprint density at radius 1 is 1.03 bits per heavy atom. The van der Waals surface area contributed by atoms with Crippen LogP contribution in [0.25, 0.3) is 16.6 Å². The number of aliphatic hydroxyl groups is 1. The van der Waals surface area contributed by atoms with E-state index in [-0.39, 0.29) is 5.75 Å². The lowest BCUT2D eigenvalue weighted by molar-refractivity contribution is -0.260. The number of aryl methyl sites for hydroxylation is 3. The van der Waals surface area contributed by atoms with Gasteiger partial charge in [0, 0.05) is 35.3 Å². The van der Waals surface area contributed by atoms with Crippen LogP contribution in [0.3, 0.4) is 0 Å². The van der Waals surface area contributed by atoms with E-state index in [1.807, 2.05) is 25.1 Å². The quantitative estimate of drug-likeness (QED) is 0.425. The molecule has 0 aliphatic carbocycles. The number of alkyl halides is 3. The van der Waals surface area contributed by atoms with E-state index in [0.29, 0.717) is 41.2 Å². The minimum Gasteiger partial charge on any atom is -0.488 e. The number of nitrogens with zero attached hydrogens (tertiary/aromatic N) is 5. The van der Waals surface area contributed by atoms with Crippen LogP contribution in [0.2, 0.25) is 0 Å². The minimum atomic E-state index is -4.83. The monoisotopic (exact) mass is 472 g/mol. The molecule has 34 heavy (non-hydrogen) atoms. The zero-order valence-corrected chi connectivity index (χ0v) is 19.0. The van der Waals surface area contributed by atoms with Crippen LogP contribution in [0.15, 0.2) is 42.7 Å². The third-order valence-electron chi connectivity index (χ3n) is 5.12. The molecule has 178 valence electrons. The standard InChI is InChI=1S/C23H23F3N6O2/c1-13-7-18(19(11-27-13)34-12-22(4,33)23(24,25)26)16-5-6-32-17(9-16)10-21(31-32)30-20-8-14(2)28-15(3)29-20/h5-11,33H,12H2,1-4H3,(H,28,29,30,31). The van der Waals surface area contributed by atoms with Gasteiger partial charge >= 0.3 is 6.18 Å². The van der Waals surface area contributed by atoms with E-state index in [9.17, 15) is 18.3 Å². The molecule has 8 nitrogen and oxygen atoms in total. The summed E-state index contributed by atoms with van der Waals surface area (Å²) >= 11 is 0. The van der Waals surface area contributed by atoms with E-state index in [2.05, 4.69) is 25.4 Å². The molecule has 4 heterocycles. The Bertz CT molecular complexity index is 1330. The summed E-state index contributed by atoms with van der Waals surface area (Å²) in [5.41, 5.74) is 0.472. The number of fused-ring (bicyclic) bond motifs is 1. The van der Waals surface area contributed by atoms with Gasteiger partial charge in [-0.2, -0.15) is 18.3 Å². The van der Waals surface area contributed by atoms with Crippen LogP contribution in [0.1, 0.15) is 24.1 Å². The van der Waals surface area contributed by atoms with Crippen LogP contribution >= 0.6 is 0 Å². The van der Waals surface area contributed by atoms with Gasteiger partial charge in [0.25, 0.3) is 0 Å². The fourth-order valence-electron chi connectivity index (χ4n) is 3.32. The van der Waals surface area contributed by atoms with Gasteiger partial charge in [-0.25, -0.2) is 14.5 Å². The Labute approximate surface area is 193 Å². The van der Waals surface area contributed by atoms with Crippen LogP contribution in [-0.4, -0.2) is 48.1 Å². The zero-order chi connectivity index (χ0) is 24.7. The highest BCUT2D eigenvalue weighted by Gasteiger charge is 2.50. The molecule has 0 aliphatic rings. The number of aromatic nitrogens is 5. The third kappa shape index (κ3) is 4.93. The van der Waals surface area contributed by atoms with Crippen LogP contribution in [0.4, 0.5) is 24.8 Å². The molecule has 0 radical (unpaired) electrons. The Balaban J connectivity index is 1.64. The molecule has 0 saturated heterocycles. The third-order valence-corrected chi connectivity index (χ3v) is 5.12. The van der Waals surface area contributed by atoms with Crippen molar-refractivity contribution in [2.75, 3.05) is 11.9 Å². The number of hydrogen-bond acceptors (Lipinski definition) is 7. The molecule has 0 fully saturated rings. The number of hydrogen-bond donors (Lipinski definition) is 2. The molecule has 0 saturated carbocycles. The van der Waals surface area contributed by atoms with Gasteiger partial charge in [-0.15, -0.1) is 0 Å². The molecular weight excluding hydrogens is 449 g/mol. The first-order valence-electron chi connectivity index (χ1n) is 10.4. The lowest BCUT2D eigenvalue weighted by Crippen LogP contribution is -2.47. The number of pyridine rings is 2. The predicted octanol–water partition coefficient (Wildman–Crippen LogP) is 4.55. The average Bonchev–Trinajstić information content (AvgIpc) is 3.12. The van der Waals surface area contributed by atoms with Crippen molar-refractivity contribution < 1.29 is 23.0 Å². The Hall–Kier alpha value is -3.73. The smallest absolute Gasteiger partial charge is 0.420 e. The molecule has 4 aromatic heterocycles. The van der Waals surface area contributed by atoms with E-state index in [0.717, 1.165) is 11.2 Å². The zero-order valence-electron chi connectivity index (χ0n) is 19.0. The van der Waals surface area contributed by atoms with Crippen molar-refractivity contribution in [1.82, 2.24) is 24.6 Å². The summed E-state index contributed by atoms with van der Waals surface area (Å²) in [6.07, 6.45) is -1.74. The number of anilines is 2. The van der Waals surface area contributed by atoms with E-state index < -0.39 is 18.4 Å². The summed E-state index contributed by atoms with van der Waals surface area (Å²) < 4.78 is 46.1. The number of nitrogens with one attached hydrogen (secondary N) is 1. The average molecular weight is 472 g/mol. The lowest BCUT2D eigenvalue weighted by atomic mass is 10.1. The highest BCUT2D eigenvalue weighted by atomic mass is 19.4. The van der Waals surface area contributed by atoms with Crippen LogP contribution < -0.4 is 10.1 Å². The molecule has 0 amide bonds. The van der Waals surface area contributed by atoms with E-state index in [1.54, 1.807) is 36.7 Å². The first-order valence-corrected chi connectivity index (χ1v) is 10.4. The summed E-state index contributed by atoms with van der Waals surface area (Å²) in [7, 11) is 0. The molecule has 1 unspecified atom stereocenters. The van der Waals surface area contributed by atoms with Gasteiger partial charge in [0.2, 0.25) is 0 Å². The summed E-state index contributed by atoms with van der Waals surface area (Å²) in [6.45, 7) is 5.15. The summed E-state index contributed by atoms with van der Waals surface area (Å²) in [5, 5.41) is 17.4. The van der Waals surface area contributed by atoms with Crippen molar-refractivity contribution in [2.24, 2.45) is 0 Å². The molecule has 11 heteroatoms. The molecule has 4 aromatic rings. The summed E-state index contributed by atoms with van der Waals surface area (Å²) in [5.74, 6) is 1.95. The maximum Gasteiger partial charge on any atom is 0.420 e. The molecule has 1 atom stereocenters. The SMILES string of the molecule is Cc1cc(-c2ccn3nc(Nc4cc(C)nc(C)n4)cc3c2)c(OCC(C)(O)C(F)(F)F)cn1. The van der Waals surface area contributed by atoms with Crippen molar-refractivity contribution >= 4 is 17.2 Å². The van der Waals surface area contributed by atoms with Gasteiger partial charge in [-0.3, -0.25) is 4.98 Å². The van der Waals surface area contributed by atoms with Crippen molar-refractivity contribution in [3.05, 3.63) is 59.9 Å². The van der Waals surface area contributed by atoms with Crippen LogP contribution in [0, 0.1) is 20.8 Å². The first-order chi connectivity index (χ1) is 15.9. The normalized spacial score (nSPS) is 13.6. The lowest BCUT2D eigenvalue weighted by Gasteiger charge is -2.26. The predicted molar refractivity (Wildman–Crippen MR) is 120 cm³/mol. The maximum atomic E-state index is 13.0. The van der Waals surface area contributed by atoms with E-state index in [1.165, 1.54) is 6.20 Å².